The van der Waals surface area contributed by atoms with E-state index in [0.717, 1.165) is 64.2 Å². The fourth-order valence-corrected chi connectivity index (χ4v) is 14.2. The van der Waals surface area contributed by atoms with Crippen molar-refractivity contribution in [2.45, 2.75) is 121 Å². The Morgan fingerprint density at radius 3 is 1.80 bits per heavy atom. The molecule has 0 aromatic rings. The molecule has 13 aliphatic rings. The largest absolute Gasteiger partial charge is 0.462 e. The van der Waals surface area contributed by atoms with Crippen LogP contribution in [0.4, 0.5) is 0 Å². The van der Waals surface area contributed by atoms with Gasteiger partial charge in [0, 0.05) is 40.9 Å². The van der Waals surface area contributed by atoms with E-state index < -0.39 is 29.0 Å². The third-order valence-electron chi connectivity index (χ3n) is 15.3. The quantitative estimate of drug-likeness (QED) is 0.358. The lowest BCUT2D eigenvalue weighted by molar-refractivity contribution is -0.323. The van der Waals surface area contributed by atoms with Crippen molar-refractivity contribution < 1.29 is 38.1 Å². The maximum atomic E-state index is 13.9. The monoisotopic (exact) mass is 620 g/mol. The smallest absolute Gasteiger partial charge is 0.312 e. The van der Waals surface area contributed by atoms with Crippen LogP contribution < -0.4 is 0 Å². The van der Waals surface area contributed by atoms with Gasteiger partial charge in [-0.2, -0.15) is 0 Å². The Morgan fingerprint density at radius 1 is 0.689 bits per heavy atom. The predicted octanol–water partition coefficient (Wildman–Crippen LogP) is 5.19. The normalized spacial score (nSPS) is 56.2. The van der Waals surface area contributed by atoms with Gasteiger partial charge in [-0.05, 0) is 119 Å². The van der Waals surface area contributed by atoms with Gasteiger partial charge in [0.15, 0.2) is 17.9 Å². The maximum Gasteiger partial charge on any atom is 0.312 e. The van der Waals surface area contributed by atoms with E-state index in [4.69, 9.17) is 18.9 Å². The van der Waals surface area contributed by atoms with Crippen LogP contribution in [0.1, 0.15) is 103 Å². The summed E-state index contributed by atoms with van der Waals surface area (Å²) in [5.74, 6) is 2.18. The first-order valence-corrected chi connectivity index (χ1v) is 18.3. The lowest BCUT2D eigenvalue weighted by atomic mass is 9.48. The molecule has 0 amide bonds. The fourth-order valence-electron chi connectivity index (χ4n) is 14.2. The number of ketones is 3. The van der Waals surface area contributed by atoms with E-state index in [1.54, 1.807) is 0 Å². The van der Waals surface area contributed by atoms with Gasteiger partial charge in [0.1, 0.15) is 30.9 Å². The SMILES string of the molecule is CC12CC3CC(C1)C1(OC(COC(=O)C45CC6CC(C4)C(=O)C(C6)C5)C(OCC(=O)C45CC6CC(C4)C(=O)C(C6)C5)O1)C(C3)C2. The number of carbonyl (C=O) groups is 4. The van der Waals surface area contributed by atoms with Crippen LogP contribution in [0, 0.1) is 69.5 Å². The Morgan fingerprint density at radius 2 is 1.22 bits per heavy atom. The molecule has 8 nitrogen and oxygen atoms in total. The number of ether oxygens (including phenoxy) is 4. The Kier molecular flexibility index (Phi) is 5.85. The molecule has 45 heavy (non-hydrogen) atoms. The van der Waals surface area contributed by atoms with Gasteiger partial charge in [-0.15, -0.1) is 0 Å². The average Bonchev–Trinajstić information content (AvgIpc) is 3.36. The lowest BCUT2D eigenvalue weighted by Crippen LogP contribution is -2.61. The zero-order valence-corrected chi connectivity index (χ0v) is 26.6. The zero-order chi connectivity index (χ0) is 30.5. The van der Waals surface area contributed by atoms with Gasteiger partial charge in [-0.3, -0.25) is 19.2 Å². The molecule has 12 saturated carbocycles. The van der Waals surface area contributed by atoms with Crippen LogP contribution in [-0.4, -0.2) is 54.7 Å². The summed E-state index contributed by atoms with van der Waals surface area (Å²) in [6.45, 7) is 2.40. The van der Waals surface area contributed by atoms with Crippen LogP contribution in [0.15, 0.2) is 0 Å². The highest BCUT2D eigenvalue weighted by atomic mass is 16.8. The Labute approximate surface area is 265 Å². The number of hydrogen-bond donors (Lipinski definition) is 0. The van der Waals surface area contributed by atoms with Crippen molar-refractivity contribution in [1.82, 2.24) is 0 Å². The Bertz CT molecular complexity index is 1240. The van der Waals surface area contributed by atoms with E-state index in [2.05, 4.69) is 6.92 Å². The maximum absolute atomic E-state index is 13.9. The number of Topliss-reactive ketones (excluding diaryl/α,β-unsaturated/α-hetero) is 3. The first-order chi connectivity index (χ1) is 21.5. The van der Waals surface area contributed by atoms with E-state index in [9.17, 15) is 19.2 Å². The standard InChI is InChI=1S/C37H48O8/c1-34-8-21-6-26(15-34)37(27(7-21)16-34)44-28(17-43-33(41)36-10-20-4-24(13-36)31(40)25(5-20)14-36)32(45-37)42-18-29(38)35-9-19-2-22(11-35)30(39)23(3-19)12-35/h19-28,32H,2-18H2,1H3. The van der Waals surface area contributed by atoms with Crippen molar-refractivity contribution in [2.24, 2.45) is 69.5 Å². The van der Waals surface area contributed by atoms with Gasteiger partial charge in [0.05, 0.1) is 5.41 Å². The minimum absolute atomic E-state index is 0.00881. The lowest BCUT2D eigenvalue weighted by Gasteiger charge is -2.62. The highest BCUT2D eigenvalue weighted by Gasteiger charge is 2.68. The van der Waals surface area contributed by atoms with Gasteiger partial charge in [0.25, 0.3) is 0 Å². The van der Waals surface area contributed by atoms with Crippen LogP contribution in [0.2, 0.25) is 0 Å². The minimum atomic E-state index is -0.777. The van der Waals surface area contributed by atoms with E-state index in [1.165, 1.54) is 6.42 Å². The minimum Gasteiger partial charge on any atom is -0.462 e. The number of hydrogen-bond acceptors (Lipinski definition) is 8. The van der Waals surface area contributed by atoms with Crippen LogP contribution in [0.25, 0.3) is 0 Å². The van der Waals surface area contributed by atoms with Gasteiger partial charge >= 0.3 is 5.97 Å². The molecular weight excluding hydrogens is 572 g/mol. The molecule has 1 spiro atoms. The summed E-state index contributed by atoms with van der Waals surface area (Å²) in [5, 5.41) is 0. The molecule has 8 heteroatoms. The van der Waals surface area contributed by atoms with E-state index in [1.807, 2.05) is 0 Å². The van der Waals surface area contributed by atoms with Crippen molar-refractivity contribution in [3.05, 3.63) is 0 Å². The predicted molar refractivity (Wildman–Crippen MR) is 158 cm³/mol. The molecule has 1 aliphatic heterocycles. The Balaban J connectivity index is 0.877. The second kappa shape index (κ2) is 9.28. The van der Waals surface area contributed by atoms with Crippen molar-refractivity contribution in [3.8, 4) is 0 Å². The highest BCUT2D eigenvalue weighted by Crippen LogP contribution is 2.67. The molecule has 12 bridgehead atoms. The number of carbonyl (C=O) groups excluding carboxylic acids is 4. The summed E-state index contributed by atoms with van der Waals surface area (Å²) in [4.78, 5) is 53.3. The van der Waals surface area contributed by atoms with Crippen LogP contribution in [0.5, 0.6) is 0 Å². The summed E-state index contributed by atoms with van der Waals surface area (Å²) in [7, 11) is 0. The molecule has 8 atom stereocenters. The molecule has 0 radical (unpaired) electrons. The summed E-state index contributed by atoms with van der Waals surface area (Å²) >= 11 is 0. The van der Waals surface area contributed by atoms with Crippen LogP contribution in [0.3, 0.4) is 0 Å². The molecule has 8 unspecified atom stereocenters. The molecule has 0 N–H and O–H groups in total. The van der Waals surface area contributed by atoms with Crippen molar-refractivity contribution in [2.75, 3.05) is 13.2 Å². The second-order valence-corrected chi connectivity index (χ2v) is 18.4. The summed E-state index contributed by atoms with van der Waals surface area (Å²) < 4.78 is 26.4. The molecular formula is C37H48O8. The van der Waals surface area contributed by atoms with Gasteiger partial charge in [0.2, 0.25) is 0 Å². The first-order valence-electron chi connectivity index (χ1n) is 18.3. The van der Waals surface area contributed by atoms with Gasteiger partial charge in [-0.25, -0.2) is 0 Å². The molecule has 0 aromatic carbocycles. The third kappa shape index (κ3) is 4.00. The van der Waals surface area contributed by atoms with E-state index >= 15 is 0 Å². The fraction of sp³-hybridized carbons (Fsp3) is 0.892. The van der Waals surface area contributed by atoms with E-state index in [0.29, 0.717) is 60.4 Å². The van der Waals surface area contributed by atoms with Crippen molar-refractivity contribution >= 4 is 23.3 Å². The molecule has 1 heterocycles. The summed E-state index contributed by atoms with van der Waals surface area (Å²) in [5.41, 5.74) is -0.672. The second-order valence-electron chi connectivity index (χ2n) is 18.4. The number of rotatable bonds is 7. The summed E-state index contributed by atoms with van der Waals surface area (Å²) in [6, 6.07) is 0. The van der Waals surface area contributed by atoms with Gasteiger partial charge < -0.3 is 18.9 Å². The average molecular weight is 621 g/mol. The topological polar surface area (TPSA) is 105 Å². The Hall–Kier alpha value is -1.64. The summed E-state index contributed by atoms with van der Waals surface area (Å²) in [6.07, 6.45) is 12.3. The van der Waals surface area contributed by atoms with Crippen molar-refractivity contribution in [3.63, 3.8) is 0 Å². The first kappa shape index (κ1) is 28.4. The zero-order valence-electron chi connectivity index (χ0n) is 26.6. The van der Waals surface area contributed by atoms with E-state index in [-0.39, 0.29) is 60.5 Å². The molecule has 13 rings (SSSR count). The molecule has 244 valence electrons. The van der Waals surface area contributed by atoms with Crippen molar-refractivity contribution in [1.29, 1.82) is 0 Å². The molecule has 12 aliphatic carbocycles. The van der Waals surface area contributed by atoms with Crippen LogP contribution in [-0.2, 0) is 38.1 Å². The van der Waals surface area contributed by atoms with Gasteiger partial charge in [-0.1, -0.05) is 6.92 Å². The molecule has 13 fully saturated rings. The molecule has 1 saturated heterocycles. The van der Waals surface area contributed by atoms with Crippen LogP contribution >= 0.6 is 0 Å². The highest BCUT2D eigenvalue weighted by molar-refractivity contribution is 5.93. The number of esters is 1. The molecule has 0 aromatic heterocycles. The third-order valence-corrected chi connectivity index (χ3v) is 15.3.